The van der Waals surface area contributed by atoms with E-state index in [1.54, 1.807) is 18.2 Å². The fourth-order valence-electron chi connectivity index (χ4n) is 3.04. The zero-order valence-electron chi connectivity index (χ0n) is 17.5. The zero-order chi connectivity index (χ0) is 22.4. The van der Waals surface area contributed by atoms with Crippen molar-refractivity contribution in [3.8, 4) is 11.5 Å². The molecule has 3 rings (SSSR count). The molecule has 162 valence electrons. The molecule has 2 N–H and O–H groups in total. The van der Waals surface area contributed by atoms with E-state index in [0.717, 1.165) is 5.56 Å². The van der Waals surface area contributed by atoms with Crippen molar-refractivity contribution in [1.82, 2.24) is 0 Å². The van der Waals surface area contributed by atoms with E-state index in [9.17, 15) is 13.2 Å². The lowest BCUT2D eigenvalue weighted by molar-refractivity contribution is -0.114. The third-order valence-corrected chi connectivity index (χ3v) is 6.51. The number of anilines is 2. The van der Waals surface area contributed by atoms with Crippen LogP contribution in [0.25, 0.3) is 0 Å². The lowest BCUT2D eigenvalue weighted by Crippen LogP contribution is -2.23. The molecule has 0 radical (unpaired) electrons. The zero-order valence-corrected chi connectivity index (χ0v) is 18.3. The van der Waals surface area contributed by atoms with Crippen molar-refractivity contribution in [1.29, 1.82) is 0 Å². The Morgan fingerprint density at radius 2 is 1.52 bits per heavy atom. The van der Waals surface area contributed by atoms with Crippen LogP contribution in [0.5, 0.6) is 11.5 Å². The van der Waals surface area contributed by atoms with E-state index in [1.165, 1.54) is 38.5 Å². The summed E-state index contributed by atoms with van der Waals surface area (Å²) in [6.45, 7) is 1.81. The normalized spacial score (nSPS) is 10.9. The molecule has 0 aromatic heterocycles. The Hall–Kier alpha value is -3.52. The lowest BCUT2D eigenvalue weighted by atomic mass is 10.2. The average molecular weight is 441 g/mol. The summed E-state index contributed by atoms with van der Waals surface area (Å²) in [5, 5.41) is 5.75. The predicted octanol–water partition coefficient (Wildman–Crippen LogP) is 3.90. The van der Waals surface area contributed by atoms with Gasteiger partial charge in [0.15, 0.2) is 11.5 Å². The van der Waals surface area contributed by atoms with Gasteiger partial charge in [0.25, 0.3) is 0 Å². The smallest absolute Gasteiger partial charge is 0.243 e. The van der Waals surface area contributed by atoms with E-state index in [-0.39, 0.29) is 22.2 Å². The van der Waals surface area contributed by atoms with Gasteiger partial charge in [-0.3, -0.25) is 4.79 Å². The Morgan fingerprint density at radius 1 is 0.871 bits per heavy atom. The maximum absolute atomic E-state index is 13.3. The highest BCUT2D eigenvalue weighted by atomic mass is 32.2. The second-order valence-electron chi connectivity index (χ2n) is 6.73. The van der Waals surface area contributed by atoms with Crippen LogP contribution in [0.15, 0.2) is 76.5 Å². The fourth-order valence-corrected chi connectivity index (χ4v) is 4.49. The van der Waals surface area contributed by atoms with E-state index in [0.29, 0.717) is 22.9 Å². The summed E-state index contributed by atoms with van der Waals surface area (Å²) >= 11 is 0. The Kier molecular flexibility index (Phi) is 6.81. The van der Waals surface area contributed by atoms with Crippen molar-refractivity contribution in [2.45, 2.75) is 16.7 Å². The SMILES string of the molecule is COc1ccc(S(=O)(=O)c2ccccc2NCC(=O)Nc2ccccc2C)cc1OC. The molecule has 0 aliphatic rings. The lowest BCUT2D eigenvalue weighted by Gasteiger charge is -2.14. The molecule has 0 unspecified atom stereocenters. The number of amides is 1. The molecule has 3 aromatic carbocycles. The van der Waals surface area contributed by atoms with Crippen molar-refractivity contribution >= 4 is 27.1 Å². The fraction of sp³-hybridized carbons (Fsp3) is 0.174. The first-order valence-corrected chi connectivity index (χ1v) is 11.0. The minimum Gasteiger partial charge on any atom is -0.493 e. The quantitative estimate of drug-likeness (QED) is 0.552. The highest BCUT2D eigenvalue weighted by Gasteiger charge is 2.23. The van der Waals surface area contributed by atoms with Crippen LogP contribution in [0.1, 0.15) is 5.56 Å². The molecule has 0 atom stereocenters. The number of benzene rings is 3. The number of para-hydroxylation sites is 2. The van der Waals surface area contributed by atoms with E-state index in [1.807, 2.05) is 31.2 Å². The topological polar surface area (TPSA) is 93.7 Å². The van der Waals surface area contributed by atoms with Gasteiger partial charge in [0.2, 0.25) is 15.7 Å². The molecular formula is C23H24N2O5S. The molecule has 0 bridgehead atoms. The number of rotatable bonds is 8. The van der Waals surface area contributed by atoms with Gasteiger partial charge in [0.05, 0.1) is 36.2 Å². The molecule has 0 saturated heterocycles. The van der Waals surface area contributed by atoms with Gasteiger partial charge in [0.1, 0.15) is 0 Å². The van der Waals surface area contributed by atoms with Gasteiger partial charge in [-0.1, -0.05) is 30.3 Å². The second kappa shape index (κ2) is 9.53. The molecular weight excluding hydrogens is 416 g/mol. The van der Waals surface area contributed by atoms with Gasteiger partial charge in [-0.25, -0.2) is 8.42 Å². The Labute approximate surface area is 181 Å². The number of sulfone groups is 1. The van der Waals surface area contributed by atoms with E-state index in [2.05, 4.69) is 10.6 Å². The predicted molar refractivity (Wildman–Crippen MR) is 120 cm³/mol. The molecule has 0 spiro atoms. The van der Waals surface area contributed by atoms with Gasteiger partial charge in [-0.15, -0.1) is 0 Å². The summed E-state index contributed by atoms with van der Waals surface area (Å²) < 4.78 is 36.9. The van der Waals surface area contributed by atoms with Crippen LogP contribution >= 0.6 is 0 Å². The van der Waals surface area contributed by atoms with Crippen molar-refractivity contribution in [3.63, 3.8) is 0 Å². The van der Waals surface area contributed by atoms with Crippen LogP contribution in [-0.2, 0) is 14.6 Å². The third-order valence-electron chi connectivity index (χ3n) is 4.70. The summed E-state index contributed by atoms with van der Waals surface area (Å²) in [7, 11) is -0.950. The van der Waals surface area contributed by atoms with Crippen LogP contribution < -0.4 is 20.1 Å². The molecule has 0 aliphatic carbocycles. The second-order valence-corrected chi connectivity index (χ2v) is 8.65. The summed E-state index contributed by atoms with van der Waals surface area (Å²) in [5.41, 5.74) is 1.98. The van der Waals surface area contributed by atoms with E-state index < -0.39 is 9.84 Å². The van der Waals surface area contributed by atoms with Gasteiger partial charge >= 0.3 is 0 Å². The number of hydrogen-bond acceptors (Lipinski definition) is 6. The summed E-state index contributed by atoms with van der Waals surface area (Å²) in [6, 6.07) is 18.3. The number of aryl methyl sites for hydroxylation is 1. The Balaban J connectivity index is 1.83. The first-order chi connectivity index (χ1) is 14.9. The first-order valence-electron chi connectivity index (χ1n) is 9.52. The van der Waals surface area contributed by atoms with Crippen molar-refractivity contribution < 1.29 is 22.7 Å². The summed E-state index contributed by atoms with van der Waals surface area (Å²) in [5.74, 6) is 0.458. The van der Waals surface area contributed by atoms with Crippen LogP contribution in [-0.4, -0.2) is 35.1 Å². The maximum Gasteiger partial charge on any atom is 0.243 e. The highest BCUT2D eigenvalue weighted by Crippen LogP contribution is 2.34. The minimum atomic E-state index is -3.87. The average Bonchev–Trinajstić information content (AvgIpc) is 2.78. The first kappa shape index (κ1) is 22.2. The maximum atomic E-state index is 13.3. The van der Waals surface area contributed by atoms with Gasteiger partial charge < -0.3 is 20.1 Å². The largest absolute Gasteiger partial charge is 0.493 e. The molecule has 3 aromatic rings. The molecule has 0 saturated carbocycles. The summed E-state index contributed by atoms with van der Waals surface area (Å²) in [6.07, 6.45) is 0. The molecule has 0 heterocycles. The Morgan fingerprint density at radius 3 is 2.19 bits per heavy atom. The van der Waals surface area contributed by atoms with Crippen LogP contribution in [0.3, 0.4) is 0 Å². The monoisotopic (exact) mass is 440 g/mol. The standard InChI is InChI=1S/C23H24N2O5S/c1-16-8-4-5-9-18(16)25-23(26)15-24-19-10-6-7-11-22(19)31(27,28)17-12-13-20(29-2)21(14-17)30-3/h4-14,24H,15H2,1-3H3,(H,25,26). The highest BCUT2D eigenvalue weighted by molar-refractivity contribution is 7.91. The summed E-state index contributed by atoms with van der Waals surface area (Å²) in [4.78, 5) is 12.5. The molecule has 31 heavy (non-hydrogen) atoms. The Bertz CT molecular complexity index is 1190. The minimum absolute atomic E-state index is 0.0590. The van der Waals surface area contributed by atoms with Crippen LogP contribution in [0, 0.1) is 6.92 Å². The van der Waals surface area contributed by atoms with Gasteiger partial charge in [-0.05, 0) is 42.8 Å². The molecule has 0 aliphatic heterocycles. The molecule has 0 fully saturated rings. The number of carbonyl (C=O) groups is 1. The molecule has 8 heteroatoms. The molecule has 1 amide bonds. The van der Waals surface area contributed by atoms with Crippen molar-refractivity contribution in [3.05, 3.63) is 72.3 Å². The number of ether oxygens (including phenoxy) is 2. The number of nitrogens with one attached hydrogen (secondary N) is 2. The van der Waals surface area contributed by atoms with E-state index in [4.69, 9.17) is 9.47 Å². The third kappa shape index (κ3) is 4.97. The van der Waals surface area contributed by atoms with Crippen molar-refractivity contribution in [2.24, 2.45) is 0 Å². The van der Waals surface area contributed by atoms with E-state index >= 15 is 0 Å². The van der Waals surface area contributed by atoms with Gasteiger partial charge in [0, 0.05) is 11.8 Å². The number of hydrogen-bond donors (Lipinski definition) is 2. The molecule has 7 nitrogen and oxygen atoms in total. The van der Waals surface area contributed by atoms with Crippen LogP contribution in [0.4, 0.5) is 11.4 Å². The number of methoxy groups -OCH3 is 2. The number of carbonyl (C=O) groups excluding carboxylic acids is 1. The van der Waals surface area contributed by atoms with Crippen molar-refractivity contribution in [2.75, 3.05) is 31.4 Å². The van der Waals surface area contributed by atoms with Gasteiger partial charge in [-0.2, -0.15) is 0 Å². The van der Waals surface area contributed by atoms with Crippen LogP contribution in [0.2, 0.25) is 0 Å².